The van der Waals surface area contributed by atoms with E-state index in [0.29, 0.717) is 0 Å². The van der Waals surface area contributed by atoms with E-state index in [4.69, 9.17) is 71.1 Å². The molecule has 33 heteroatoms. The lowest BCUT2D eigenvalue weighted by Crippen LogP contribution is -2.60. The van der Waals surface area contributed by atoms with Gasteiger partial charge in [-0.15, -0.1) is 0 Å². The molecule has 7 rings (SSSR count). The molecule has 1 aromatic rings. The SMILES string of the molecule is CC=C1[C@H](O[C@@H]2O[C@H](CO)[C@@H](O)[C@H](O)[C@H]2O)OC=C(C(=O)OC)[C@H]1CC(=O)OCCc1ccc(OC(=O)C[C@@H]2C(C(=O)OC)=CO[C@@H](O[C@@H]3O[C@H](CO)[C@@H](O)[C@H](O)[C@H]3O)C2=CC)c(OC(=O)C[C@@H]2C(C(=O)OC)=CO[C@@H](O[C@@H]3O[C@H](CO)[C@@H](O)[C@H](O)[C@H]3O)C2=CC)c1. The van der Waals surface area contributed by atoms with E-state index in [9.17, 15) is 90.0 Å². The Bertz CT molecular complexity index is 2970. The predicted molar refractivity (Wildman–Crippen MR) is 297 cm³/mol. The van der Waals surface area contributed by atoms with E-state index >= 15 is 0 Å². The fourth-order valence-corrected chi connectivity index (χ4v) is 10.8. The van der Waals surface area contributed by atoms with Gasteiger partial charge in [0.25, 0.3) is 0 Å². The summed E-state index contributed by atoms with van der Waals surface area (Å²) in [5, 5.41) is 124. The Morgan fingerprint density at radius 2 is 0.772 bits per heavy atom. The number of rotatable bonds is 23. The second kappa shape index (κ2) is 32.8. The smallest absolute Gasteiger partial charge is 0.337 e. The molecule has 0 aliphatic carbocycles. The molecule has 510 valence electrons. The number of ether oxygens (including phenoxy) is 15. The summed E-state index contributed by atoms with van der Waals surface area (Å²) in [7, 11) is 3.18. The van der Waals surface area contributed by atoms with Crippen molar-refractivity contribution in [2.75, 3.05) is 47.8 Å². The van der Waals surface area contributed by atoms with Crippen molar-refractivity contribution in [3.63, 3.8) is 0 Å². The van der Waals surface area contributed by atoms with Gasteiger partial charge in [-0.2, -0.15) is 0 Å². The molecule has 92 heavy (non-hydrogen) atoms. The molecule has 3 saturated heterocycles. The summed E-state index contributed by atoms with van der Waals surface area (Å²) in [4.78, 5) is 81.9. The third-order valence-electron chi connectivity index (χ3n) is 15.9. The van der Waals surface area contributed by atoms with Gasteiger partial charge in [-0.25, -0.2) is 14.4 Å². The minimum absolute atomic E-state index is 0.0388. The maximum Gasteiger partial charge on any atom is 0.337 e. The number of carbonyl (C=O) groups excluding carboxylic acids is 6. The molecule has 0 radical (unpaired) electrons. The lowest BCUT2D eigenvalue weighted by atomic mass is 9.86. The second-order valence-electron chi connectivity index (χ2n) is 21.4. The number of allylic oxidation sites excluding steroid dienone is 3. The van der Waals surface area contributed by atoms with Crippen molar-refractivity contribution in [3.05, 3.63) is 94.2 Å². The molecule has 21 atom stereocenters. The molecule has 0 spiro atoms. The summed E-state index contributed by atoms with van der Waals surface area (Å²) in [6, 6.07) is 3.84. The van der Waals surface area contributed by atoms with Crippen LogP contribution < -0.4 is 9.47 Å². The quantitative estimate of drug-likeness (QED) is 0.0216. The number of benzene rings is 1. The van der Waals surface area contributed by atoms with Crippen molar-refractivity contribution in [3.8, 4) is 11.5 Å². The molecule has 6 aliphatic heterocycles. The van der Waals surface area contributed by atoms with Crippen molar-refractivity contribution in [1.82, 2.24) is 0 Å². The second-order valence-corrected chi connectivity index (χ2v) is 21.4. The van der Waals surface area contributed by atoms with Gasteiger partial charge in [-0.1, -0.05) is 24.3 Å². The number of esters is 6. The molecule has 6 aliphatic rings. The van der Waals surface area contributed by atoms with Crippen LogP contribution in [0.5, 0.6) is 11.5 Å². The molecular weight excluding hydrogens is 1240 g/mol. The third kappa shape index (κ3) is 16.4. The van der Waals surface area contributed by atoms with E-state index in [1.54, 1.807) is 0 Å². The van der Waals surface area contributed by atoms with E-state index in [0.717, 1.165) is 40.1 Å². The van der Waals surface area contributed by atoms with E-state index < -0.39 is 222 Å². The normalized spacial score (nSPS) is 35.2. The van der Waals surface area contributed by atoms with Gasteiger partial charge < -0.3 is 132 Å². The zero-order valence-electron chi connectivity index (χ0n) is 50.4. The standard InChI is InChI=1S/C59H76O33/c1-7-25-28(31(51(75)78-4)21-82-54(25)90-57-48(72)45(69)42(66)36(18-60)87-57)15-39(63)81-13-12-24-10-11-34(85-40(64)16-29-26(8-2)55(83-22-32(29)52(76)79-5)91-58-49(73)46(70)43(67)37(19-61)88-58)35(14-24)86-41(65)17-30-27(9-3)56(84-23-33(30)53(77)80-6)92-59-50(74)47(71)44(68)38(20-62)89-59/h7-11,14,21-23,28-30,36-38,42-50,54-62,66-74H,12-13,15-20H2,1-6H3/t28-,29-,30-,36+,37+,38+,42+,43+,44+,45-,46-,47-,48+,49+,50+,54-,55-,56-,57-,58-,59-/m0/s1. The van der Waals surface area contributed by atoms with Gasteiger partial charge in [0, 0.05) is 40.9 Å². The zero-order chi connectivity index (χ0) is 67.4. The highest BCUT2D eigenvalue weighted by Crippen LogP contribution is 2.41. The van der Waals surface area contributed by atoms with Gasteiger partial charge in [-0.3, -0.25) is 14.4 Å². The average Bonchev–Trinajstić information content (AvgIpc) is 0.823. The van der Waals surface area contributed by atoms with E-state index in [2.05, 4.69) is 0 Å². The highest BCUT2D eigenvalue weighted by Gasteiger charge is 2.51. The number of carbonyl (C=O) groups is 6. The molecule has 0 aromatic heterocycles. The monoisotopic (exact) mass is 1310 g/mol. The Morgan fingerprint density at radius 3 is 1.09 bits per heavy atom. The van der Waals surface area contributed by atoms with Crippen molar-refractivity contribution in [1.29, 1.82) is 0 Å². The van der Waals surface area contributed by atoms with Crippen LogP contribution in [-0.4, -0.2) is 256 Å². The average molecular weight is 1310 g/mol. The van der Waals surface area contributed by atoms with Gasteiger partial charge in [0.1, 0.15) is 73.2 Å². The molecule has 3 fully saturated rings. The summed E-state index contributed by atoms with van der Waals surface area (Å²) < 4.78 is 83.3. The van der Waals surface area contributed by atoms with Crippen molar-refractivity contribution in [2.24, 2.45) is 17.8 Å². The molecular formula is C59H76O33. The Morgan fingerprint density at radius 1 is 0.446 bits per heavy atom. The molecule has 0 amide bonds. The third-order valence-corrected chi connectivity index (χ3v) is 15.9. The van der Waals surface area contributed by atoms with Crippen molar-refractivity contribution >= 4 is 35.8 Å². The molecule has 1 aromatic carbocycles. The van der Waals surface area contributed by atoms with Crippen LogP contribution in [0.1, 0.15) is 45.6 Å². The fourth-order valence-electron chi connectivity index (χ4n) is 10.8. The van der Waals surface area contributed by atoms with Crippen LogP contribution in [-0.2, 0) is 96.8 Å². The topological polar surface area (TPSA) is 484 Å². The number of methoxy groups -OCH3 is 3. The lowest BCUT2D eigenvalue weighted by molar-refractivity contribution is -0.327. The molecule has 0 bridgehead atoms. The molecule has 0 unspecified atom stereocenters. The van der Waals surface area contributed by atoms with E-state index in [1.165, 1.54) is 57.2 Å². The first-order valence-corrected chi connectivity index (χ1v) is 28.8. The Hall–Kier alpha value is -6.84. The lowest BCUT2D eigenvalue weighted by Gasteiger charge is -2.42. The number of hydrogen-bond donors (Lipinski definition) is 12. The first kappa shape index (κ1) is 72.6. The van der Waals surface area contributed by atoms with E-state index in [-0.39, 0.29) is 45.4 Å². The summed E-state index contributed by atoms with van der Waals surface area (Å²) in [5.41, 5.74) is -0.164. The van der Waals surface area contributed by atoms with Crippen molar-refractivity contribution in [2.45, 2.75) is 157 Å². The van der Waals surface area contributed by atoms with Crippen LogP contribution in [0.4, 0.5) is 0 Å². The summed E-state index contributed by atoms with van der Waals surface area (Å²) in [6.07, 6.45) is -25.4. The fraction of sp³-hybridized carbons (Fsp3) is 0.593. The maximum atomic E-state index is 14.4. The summed E-state index contributed by atoms with van der Waals surface area (Å²) in [5.74, 6) is -10.6. The van der Waals surface area contributed by atoms with Crippen molar-refractivity contribution < 1.29 is 161 Å². The number of aliphatic hydroxyl groups excluding tert-OH is 12. The number of hydrogen-bond acceptors (Lipinski definition) is 33. The first-order chi connectivity index (χ1) is 43.9. The summed E-state index contributed by atoms with van der Waals surface area (Å²) >= 11 is 0. The van der Waals surface area contributed by atoms with Crippen LogP contribution in [0.15, 0.2) is 88.7 Å². The first-order valence-electron chi connectivity index (χ1n) is 28.8. The van der Waals surface area contributed by atoms with Crippen LogP contribution in [0.3, 0.4) is 0 Å². The van der Waals surface area contributed by atoms with Gasteiger partial charge in [-0.05, 0) is 38.5 Å². The minimum Gasteiger partial charge on any atom is -0.468 e. The van der Waals surface area contributed by atoms with Gasteiger partial charge in [0.2, 0.25) is 18.9 Å². The van der Waals surface area contributed by atoms with Gasteiger partial charge in [0.05, 0.1) is 103 Å². The number of aliphatic hydroxyl groups is 12. The molecule has 12 N–H and O–H groups in total. The minimum atomic E-state index is -1.90. The van der Waals surface area contributed by atoms with Gasteiger partial charge >= 0.3 is 35.8 Å². The Labute approximate surface area is 524 Å². The van der Waals surface area contributed by atoms with E-state index in [1.807, 2.05) is 0 Å². The molecule has 33 nitrogen and oxygen atoms in total. The summed E-state index contributed by atoms with van der Waals surface area (Å²) in [6.45, 7) is 1.72. The Balaban J connectivity index is 1.14. The zero-order valence-corrected chi connectivity index (χ0v) is 50.4. The molecule has 0 saturated carbocycles. The van der Waals surface area contributed by atoms with Crippen LogP contribution in [0, 0.1) is 17.8 Å². The van der Waals surface area contributed by atoms with Crippen LogP contribution >= 0.6 is 0 Å². The largest absolute Gasteiger partial charge is 0.468 e. The highest BCUT2D eigenvalue weighted by molar-refractivity contribution is 5.92. The maximum absolute atomic E-state index is 14.4. The predicted octanol–water partition coefficient (Wildman–Crippen LogP) is -3.87. The highest BCUT2D eigenvalue weighted by atomic mass is 16.8. The van der Waals surface area contributed by atoms with Crippen LogP contribution in [0.25, 0.3) is 0 Å². The molecule has 6 heterocycles. The Kier molecular flexibility index (Phi) is 25.9. The van der Waals surface area contributed by atoms with Crippen LogP contribution in [0.2, 0.25) is 0 Å². The van der Waals surface area contributed by atoms with Gasteiger partial charge in [0.15, 0.2) is 30.4 Å².